The molecule has 0 N–H and O–H groups in total. The van der Waals surface area contributed by atoms with E-state index in [2.05, 4.69) is 11.1 Å². The maximum atomic E-state index is 11.6. The quantitative estimate of drug-likeness (QED) is 0.626. The zero-order chi connectivity index (χ0) is 19.6. The molecule has 0 aliphatic carbocycles. The Morgan fingerprint density at radius 1 is 1.07 bits per heavy atom. The fourth-order valence-corrected chi connectivity index (χ4v) is 5.55. The van der Waals surface area contributed by atoms with Crippen LogP contribution in [0.25, 0.3) is 22.0 Å². The summed E-state index contributed by atoms with van der Waals surface area (Å²) in [7, 11) is -1.21. The van der Waals surface area contributed by atoms with E-state index in [0.717, 1.165) is 46.4 Å². The predicted octanol–water partition coefficient (Wildman–Crippen LogP) is 4.11. The first-order valence-electron chi connectivity index (χ1n) is 9.40. The lowest BCUT2D eigenvalue weighted by Gasteiger charge is -2.13. The van der Waals surface area contributed by atoms with Crippen LogP contribution in [0.1, 0.15) is 12.8 Å². The van der Waals surface area contributed by atoms with Gasteiger partial charge in [0.1, 0.15) is 11.5 Å². The van der Waals surface area contributed by atoms with Crippen molar-refractivity contribution in [1.82, 2.24) is 4.98 Å². The van der Waals surface area contributed by atoms with Gasteiger partial charge in [-0.3, -0.25) is 4.98 Å². The number of fused-ring (bicyclic) bond motifs is 1. The molecule has 4 rings (SSSR count). The summed E-state index contributed by atoms with van der Waals surface area (Å²) in [5, 5.41) is 1.08. The third-order valence-electron chi connectivity index (χ3n) is 5.17. The van der Waals surface area contributed by atoms with Crippen LogP contribution in [0.5, 0.6) is 11.5 Å². The largest absolute Gasteiger partial charge is 0.497 e. The van der Waals surface area contributed by atoms with Gasteiger partial charge in [-0.15, -0.1) is 0 Å². The zero-order valence-electron chi connectivity index (χ0n) is 15.8. The van der Waals surface area contributed by atoms with E-state index in [1.54, 1.807) is 13.3 Å². The topological polar surface area (TPSA) is 65.5 Å². The Balaban J connectivity index is 1.52. The van der Waals surface area contributed by atoms with Crippen LogP contribution in [0.2, 0.25) is 0 Å². The number of rotatable bonds is 6. The van der Waals surface area contributed by atoms with Crippen LogP contribution < -0.4 is 9.47 Å². The van der Waals surface area contributed by atoms with Crippen LogP contribution in [0.4, 0.5) is 0 Å². The summed E-state index contributed by atoms with van der Waals surface area (Å²) in [5.74, 6) is 2.23. The third kappa shape index (κ3) is 4.28. The minimum absolute atomic E-state index is 0.197. The summed E-state index contributed by atoms with van der Waals surface area (Å²) < 4.78 is 34.6. The van der Waals surface area contributed by atoms with Crippen molar-refractivity contribution in [1.29, 1.82) is 0 Å². The number of pyridine rings is 1. The number of benzene rings is 2. The molecule has 146 valence electrons. The van der Waals surface area contributed by atoms with Gasteiger partial charge in [-0.25, -0.2) is 8.42 Å². The lowest BCUT2D eigenvalue weighted by atomic mass is 10.0. The minimum atomic E-state index is -2.84. The number of aromatic nitrogens is 1. The highest BCUT2D eigenvalue weighted by molar-refractivity contribution is 7.91. The van der Waals surface area contributed by atoms with Crippen molar-refractivity contribution in [3.8, 4) is 22.6 Å². The van der Waals surface area contributed by atoms with Crippen molar-refractivity contribution in [2.24, 2.45) is 5.92 Å². The number of methoxy groups -OCH3 is 1. The lowest BCUT2D eigenvalue weighted by Crippen LogP contribution is -2.09. The molecule has 1 aliphatic rings. The van der Waals surface area contributed by atoms with Gasteiger partial charge >= 0.3 is 0 Å². The highest BCUT2D eigenvalue weighted by Gasteiger charge is 2.27. The van der Waals surface area contributed by atoms with E-state index in [9.17, 15) is 8.42 Å². The molecular weight excluding hydrogens is 374 g/mol. The Bertz CT molecular complexity index is 1090. The van der Waals surface area contributed by atoms with Gasteiger partial charge in [0.05, 0.1) is 30.7 Å². The molecule has 2 aromatic carbocycles. The molecule has 1 aliphatic heterocycles. The van der Waals surface area contributed by atoms with Crippen molar-refractivity contribution in [2.45, 2.75) is 12.8 Å². The van der Waals surface area contributed by atoms with Crippen molar-refractivity contribution in [3.63, 3.8) is 0 Å². The van der Waals surface area contributed by atoms with Gasteiger partial charge in [0, 0.05) is 17.6 Å². The number of sulfone groups is 1. The summed E-state index contributed by atoms with van der Waals surface area (Å²) in [6.45, 7) is 0.494. The molecule has 0 amide bonds. The fourth-order valence-electron chi connectivity index (χ4n) is 3.64. The van der Waals surface area contributed by atoms with E-state index in [-0.39, 0.29) is 11.7 Å². The molecule has 2 heterocycles. The molecule has 0 spiro atoms. The van der Waals surface area contributed by atoms with Gasteiger partial charge in [0.25, 0.3) is 0 Å². The Morgan fingerprint density at radius 2 is 1.93 bits per heavy atom. The van der Waals surface area contributed by atoms with Gasteiger partial charge in [-0.1, -0.05) is 12.1 Å². The third-order valence-corrected chi connectivity index (χ3v) is 7.01. The summed E-state index contributed by atoms with van der Waals surface area (Å²) in [4.78, 5) is 4.36. The smallest absolute Gasteiger partial charge is 0.150 e. The van der Waals surface area contributed by atoms with Gasteiger partial charge < -0.3 is 9.47 Å². The first kappa shape index (κ1) is 18.7. The van der Waals surface area contributed by atoms with E-state index in [1.165, 1.54) is 0 Å². The fraction of sp³-hybridized carbons (Fsp3) is 0.318. The summed E-state index contributed by atoms with van der Waals surface area (Å²) in [5.41, 5.74) is 3.02. The van der Waals surface area contributed by atoms with Crippen LogP contribution in [0, 0.1) is 5.92 Å². The first-order valence-corrected chi connectivity index (χ1v) is 11.2. The summed E-state index contributed by atoms with van der Waals surface area (Å²) >= 11 is 0. The molecular formula is C22H23NO4S. The van der Waals surface area contributed by atoms with E-state index in [0.29, 0.717) is 12.4 Å². The van der Waals surface area contributed by atoms with Gasteiger partial charge in [0.15, 0.2) is 9.84 Å². The van der Waals surface area contributed by atoms with E-state index in [4.69, 9.17) is 9.47 Å². The Hall–Kier alpha value is -2.60. The second kappa shape index (κ2) is 7.80. The minimum Gasteiger partial charge on any atom is -0.497 e. The molecule has 1 aromatic heterocycles. The van der Waals surface area contributed by atoms with Crippen LogP contribution in [0.15, 0.2) is 54.7 Å². The standard InChI is InChI=1S/C22H23NO4S/c1-26-20-12-19(17-4-5-22-18(11-17)3-2-8-23-22)13-21(14-20)27-9-6-16-7-10-28(24,25)15-16/h2-5,8,11-14,16H,6-7,9-10,15H2,1H3. The van der Waals surface area contributed by atoms with Crippen LogP contribution in [-0.4, -0.2) is 38.6 Å². The normalized spacial score (nSPS) is 18.2. The molecule has 1 saturated heterocycles. The van der Waals surface area contributed by atoms with Crippen molar-refractivity contribution in [2.75, 3.05) is 25.2 Å². The van der Waals surface area contributed by atoms with E-state index in [1.807, 2.05) is 42.5 Å². The molecule has 0 radical (unpaired) electrons. The maximum absolute atomic E-state index is 11.6. The van der Waals surface area contributed by atoms with E-state index >= 15 is 0 Å². The number of nitrogens with zero attached hydrogens (tertiary/aromatic N) is 1. The van der Waals surface area contributed by atoms with Gasteiger partial charge in [0.2, 0.25) is 0 Å². The summed E-state index contributed by atoms with van der Waals surface area (Å²) in [6, 6.07) is 15.9. The molecule has 1 atom stereocenters. The van der Waals surface area contributed by atoms with Gasteiger partial charge in [-0.2, -0.15) is 0 Å². The van der Waals surface area contributed by atoms with E-state index < -0.39 is 9.84 Å². The van der Waals surface area contributed by atoms with Crippen molar-refractivity contribution < 1.29 is 17.9 Å². The van der Waals surface area contributed by atoms with Gasteiger partial charge in [-0.05, 0) is 60.2 Å². The Kier molecular flexibility index (Phi) is 5.22. The first-order chi connectivity index (χ1) is 13.5. The zero-order valence-corrected chi connectivity index (χ0v) is 16.6. The molecule has 0 saturated carbocycles. The Morgan fingerprint density at radius 3 is 2.71 bits per heavy atom. The molecule has 28 heavy (non-hydrogen) atoms. The van der Waals surface area contributed by atoms with Crippen LogP contribution in [0.3, 0.4) is 0 Å². The second-order valence-electron chi connectivity index (χ2n) is 7.21. The summed E-state index contributed by atoms with van der Waals surface area (Å²) in [6.07, 6.45) is 3.27. The molecule has 1 unspecified atom stereocenters. The SMILES string of the molecule is COc1cc(OCCC2CCS(=O)(=O)C2)cc(-c2ccc3ncccc3c2)c1. The molecule has 3 aromatic rings. The number of ether oxygens (including phenoxy) is 2. The molecule has 1 fully saturated rings. The molecule has 6 heteroatoms. The second-order valence-corrected chi connectivity index (χ2v) is 9.44. The maximum Gasteiger partial charge on any atom is 0.150 e. The van der Waals surface area contributed by atoms with Crippen LogP contribution in [-0.2, 0) is 9.84 Å². The number of hydrogen-bond donors (Lipinski definition) is 0. The molecule has 0 bridgehead atoms. The monoisotopic (exact) mass is 397 g/mol. The Labute approximate surface area is 165 Å². The average molecular weight is 397 g/mol. The number of hydrogen-bond acceptors (Lipinski definition) is 5. The van der Waals surface area contributed by atoms with Crippen molar-refractivity contribution >= 4 is 20.7 Å². The predicted molar refractivity (Wildman–Crippen MR) is 111 cm³/mol. The van der Waals surface area contributed by atoms with Crippen molar-refractivity contribution in [3.05, 3.63) is 54.7 Å². The molecule has 5 nitrogen and oxygen atoms in total. The lowest BCUT2D eigenvalue weighted by molar-refractivity contribution is 0.284. The highest BCUT2D eigenvalue weighted by Crippen LogP contribution is 2.32. The highest BCUT2D eigenvalue weighted by atomic mass is 32.2. The average Bonchev–Trinajstić information content (AvgIpc) is 3.06. The van der Waals surface area contributed by atoms with Crippen LogP contribution >= 0.6 is 0 Å².